The Kier molecular flexibility index (Phi) is 7.32. The van der Waals surface area contributed by atoms with Crippen LogP contribution in [-0.2, 0) is 11.2 Å². The summed E-state index contributed by atoms with van der Waals surface area (Å²) in [4.78, 5) is 0. The molecule has 1 aliphatic carbocycles. The molecule has 1 saturated heterocycles. The molecule has 1 saturated carbocycles. The summed E-state index contributed by atoms with van der Waals surface area (Å²) in [6.07, 6.45) is 7.33. The second kappa shape index (κ2) is 10.1. The topological polar surface area (TPSA) is 58.9 Å². The van der Waals surface area contributed by atoms with Crippen molar-refractivity contribution < 1.29 is 19.7 Å². The predicted molar refractivity (Wildman–Crippen MR) is 118 cm³/mol. The Bertz CT molecular complexity index is 816. The van der Waals surface area contributed by atoms with Crippen molar-refractivity contribution in [3.8, 4) is 5.75 Å². The molecule has 4 rings (SSSR count). The van der Waals surface area contributed by atoms with Crippen LogP contribution in [0.4, 0.5) is 0 Å². The summed E-state index contributed by atoms with van der Waals surface area (Å²) in [6, 6.07) is 14.3. The van der Waals surface area contributed by atoms with E-state index in [9.17, 15) is 10.2 Å². The zero-order valence-electron chi connectivity index (χ0n) is 17.3. The summed E-state index contributed by atoms with van der Waals surface area (Å²) in [5.41, 5.74) is 3.26. The van der Waals surface area contributed by atoms with Crippen LogP contribution in [0.3, 0.4) is 0 Å². The maximum absolute atomic E-state index is 9.94. The quantitative estimate of drug-likeness (QED) is 0.660. The van der Waals surface area contributed by atoms with Crippen LogP contribution in [0.5, 0.6) is 5.75 Å². The van der Waals surface area contributed by atoms with E-state index in [0.29, 0.717) is 12.5 Å². The van der Waals surface area contributed by atoms with Gasteiger partial charge in [0.05, 0.1) is 24.9 Å². The van der Waals surface area contributed by atoms with Crippen LogP contribution in [0.25, 0.3) is 0 Å². The second-order valence-electron chi connectivity index (χ2n) is 8.54. The molecule has 4 nitrogen and oxygen atoms in total. The van der Waals surface area contributed by atoms with Crippen molar-refractivity contribution in [2.75, 3.05) is 6.61 Å². The summed E-state index contributed by atoms with van der Waals surface area (Å²) in [5, 5.41) is 20.1. The Balaban J connectivity index is 1.42. The van der Waals surface area contributed by atoms with Crippen molar-refractivity contribution in [2.45, 2.75) is 75.8 Å². The third kappa shape index (κ3) is 5.36. The number of rotatable bonds is 6. The summed E-state index contributed by atoms with van der Waals surface area (Å²) in [6.45, 7) is -0.173. The highest BCUT2D eigenvalue weighted by Crippen LogP contribution is 2.34. The summed E-state index contributed by atoms with van der Waals surface area (Å²) < 4.78 is 12.0. The van der Waals surface area contributed by atoms with Gasteiger partial charge >= 0.3 is 0 Å². The lowest BCUT2D eigenvalue weighted by molar-refractivity contribution is -0.135. The minimum atomic E-state index is -0.604. The van der Waals surface area contributed by atoms with Gasteiger partial charge in [0.2, 0.25) is 0 Å². The Hall–Kier alpha value is -1.59. The van der Waals surface area contributed by atoms with Gasteiger partial charge in [-0.3, -0.25) is 0 Å². The van der Waals surface area contributed by atoms with Crippen LogP contribution in [0.1, 0.15) is 67.7 Å². The van der Waals surface area contributed by atoms with Crippen LogP contribution in [0.2, 0.25) is 5.02 Å². The standard InChI is InChI=1S/C25H31ClO4/c26-22-11-8-18(24-13-12-23(28)25(16-27)30-24)15-19(22)14-17-6-9-21(10-7-17)29-20-4-2-1-3-5-20/h6-11,15,20,23-25,27-28H,1-5,12-14,16H2. The van der Waals surface area contributed by atoms with Crippen molar-refractivity contribution in [3.05, 3.63) is 64.2 Å². The fourth-order valence-electron chi connectivity index (χ4n) is 4.50. The van der Waals surface area contributed by atoms with Gasteiger partial charge in [0.25, 0.3) is 0 Å². The molecule has 30 heavy (non-hydrogen) atoms. The molecule has 2 fully saturated rings. The molecule has 1 heterocycles. The molecule has 0 aromatic heterocycles. The van der Waals surface area contributed by atoms with Gasteiger partial charge in [0.1, 0.15) is 11.9 Å². The van der Waals surface area contributed by atoms with Crippen molar-refractivity contribution >= 4 is 11.6 Å². The van der Waals surface area contributed by atoms with Gasteiger partial charge in [-0.05, 0) is 79.8 Å². The molecular weight excluding hydrogens is 400 g/mol. The summed E-state index contributed by atoms with van der Waals surface area (Å²) in [5.74, 6) is 0.940. The third-order valence-corrected chi connectivity index (χ3v) is 6.66. The maximum Gasteiger partial charge on any atom is 0.119 e. The molecule has 3 unspecified atom stereocenters. The largest absolute Gasteiger partial charge is 0.490 e. The molecule has 1 aliphatic heterocycles. The van der Waals surface area contributed by atoms with Crippen molar-refractivity contribution in [2.24, 2.45) is 0 Å². The monoisotopic (exact) mass is 430 g/mol. The lowest BCUT2D eigenvalue weighted by Crippen LogP contribution is -2.38. The predicted octanol–water partition coefficient (Wildman–Crippen LogP) is 5.22. The zero-order chi connectivity index (χ0) is 20.9. The Morgan fingerprint density at radius 3 is 2.47 bits per heavy atom. The normalized spacial score (nSPS) is 25.2. The highest BCUT2D eigenvalue weighted by molar-refractivity contribution is 6.31. The molecule has 2 aromatic rings. The number of ether oxygens (including phenoxy) is 2. The van der Waals surface area contributed by atoms with E-state index in [1.54, 1.807) is 0 Å². The SMILES string of the molecule is OCC1OC(c2ccc(Cl)c(Cc3ccc(OC4CCCCC4)cc3)c2)CCC1O. The smallest absolute Gasteiger partial charge is 0.119 e. The van der Waals surface area contributed by atoms with Gasteiger partial charge in [-0.2, -0.15) is 0 Å². The average Bonchev–Trinajstić information content (AvgIpc) is 2.78. The van der Waals surface area contributed by atoms with Crippen molar-refractivity contribution in [3.63, 3.8) is 0 Å². The average molecular weight is 431 g/mol. The fraction of sp³-hybridized carbons (Fsp3) is 0.520. The molecule has 2 aromatic carbocycles. The molecule has 0 radical (unpaired) electrons. The Labute approximate surface area is 183 Å². The molecule has 3 atom stereocenters. The van der Waals surface area contributed by atoms with Gasteiger partial charge in [-0.15, -0.1) is 0 Å². The van der Waals surface area contributed by atoms with E-state index in [-0.39, 0.29) is 12.7 Å². The minimum Gasteiger partial charge on any atom is -0.490 e. The number of aliphatic hydroxyl groups is 2. The molecule has 162 valence electrons. The van der Waals surface area contributed by atoms with E-state index in [1.165, 1.54) is 24.8 Å². The zero-order valence-corrected chi connectivity index (χ0v) is 18.1. The number of aliphatic hydroxyl groups excluding tert-OH is 2. The van der Waals surface area contributed by atoms with E-state index >= 15 is 0 Å². The van der Waals surface area contributed by atoms with Crippen LogP contribution >= 0.6 is 11.6 Å². The van der Waals surface area contributed by atoms with E-state index in [0.717, 1.165) is 47.6 Å². The van der Waals surface area contributed by atoms with E-state index in [1.807, 2.05) is 12.1 Å². The van der Waals surface area contributed by atoms with Gasteiger partial charge in [0.15, 0.2) is 0 Å². The lowest BCUT2D eigenvalue weighted by Gasteiger charge is -2.33. The number of hydrogen-bond acceptors (Lipinski definition) is 4. The highest BCUT2D eigenvalue weighted by Gasteiger charge is 2.30. The molecule has 2 N–H and O–H groups in total. The van der Waals surface area contributed by atoms with Crippen LogP contribution in [-0.4, -0.2) is 35.1 Å². The lowest BCUT2D eigenvalue weighted by atomic mass is 9.94. The first-order chi connectivity index (χ1) is 14.6. The first-order valence-corrected chi connectivity index (χ1v) is 11.5. The molecule has 2 aliphatic rings. The first-order valence-electron chi connectivity index (χ1n) is 11.1. The van der Waals surface area contributed by atoms with E-state index < -0.39 is 12.2 Å². The van der Waals surface area contributed by atoms with Gasteiger partial charge in [-0.25, -0.2) is 0 Å². The number of hydrogen-bond donors (Lipinski definition) is 2. The van der Waals surface area contributed by atoms with Gasteiger partial charge < -0.3 is 19.7 Å². The molecule has 0 spiro atoms. The van der Waals surface area contributed by atoms with Gasteiger partial charge in [-0.1, -0.05) is 42.3 Å². The van der Waals surface area contributed by atoms with Crippen LogP contribution in [0.15, 0.2) is 42.5 Å². The maximum atomic E-state index is 9.94. The highest BCUT2D eigenvalue weighted by atomic mass is 35.5. The summed E-state index contributed by atoms with van der Waals surface area (Å²) >= 11 is 6.48. The van der Waals surface area contributed by atoms with Gasteiger partial charge in [0, 0.05) is 5.02 Å². The molecular formula is C25H31ClO4. The molecule has 0 bridgehead atoms. The number of halogens is 1. The van der Waals surface area contributed by atoms with Crippen molar-refractivity contribution in [1.82, 2.24) is 0 Å². The second-order valence-corrected chi connectivity index (χ2v) is 8.95. The van der Waals surface area contributed by atoms with Crippen molar-refractivity contribution in [1.29, 1.82) is 0 Å². The minimum absolute atomic E-state index is 0.132. The molecule has 0 amide bonds. The Morgan fingerprint density at radius 2 is 1.73 bits per heavy atom. The first kappa shape index (κ1) is 21.6. The van der Waals surface area contributed by atoms with E-state index in [4.69, 9.17) is 21.1 Å². The number of benzene rings is 2. The van der Waals surface area contributed by atoms with Crippen LogP contribution in [0, 0.1) is 0 Å². The molecule has 5 heteroatoms. The fourth-order valence-corrected chi connectivity index (χ4v) is 4.68. The van der Waals surface area contributed by atoms with Crippen LogP contribution < -0.4 is 4.74 Å². The van der Waals surface area contributed by atoms with E-state index in [2.05, 4.69) is 30.3 Å². The Morgan fingerprint density at radius 1 is 0.967 bits per heavy atom. The summed E-state index contributed by atoms with van der Waals surface area (Å²) in [7, 11) is 0. The third-order valence-electron chi connectivity index (χ3n) is 6.29.